The predicted molar refractivity (Wildman–Crippen MR) is 63.7 cm³/mol. The highest BCUT2D eigenvalue weighted by atomic mass is 16.4. The van der Waals surface area contributed by atoms with E-state index in [0.717, 1.165) is 25.8 Å². The van der Waals surface area contributed by atoms with Crippen molar-refractivity contribution >= 4 is 6.01 Å². The van der Waals surface area contributed by atoms with E-state index in [-0.39, 0.29) is 0 Å². The highest BCUT2D eigenvalue weighted by molar-refractivity contribution is 5.17. The van der Waals surface area contributed by atoms with Gasteiger partial charge in [-0.2, -0.15) is 5.10 Å². The fraction of sp³-hybridized carbons (Fsp3) is 0.545. The Morgan fingerprint density at radius 1 is 1.35 bits per heavy atom. The van der Waals surface area contributed by atoms with Gasteiger partial charge in [-0.3, -0.25) is 4.68 Å². The van der Waals surface area contributed by atoms with E-state index in [1.165, 1.54) is 5.69 Å². The Morgan fingerprint density at radius 2 is 2.24 bits per heavy atom. The number of aromatic nitrogens is 4. The van der Waals surface area contributed by atoms with Gasteiger partial charge in [0.15, 0.2) is 0 Å². The molecule has 6 nitrogen and oxygen atoms in total. The van der Waals surface area contributed by atoms with E-state index in [1.807, 2.05) is 17.8 Å². The van der Waals surface area contributed by atoms with Crippen LogP contribution in [0.25, 0.3) is 0 Å². The summed E-state index contributed by atoms with van der Waals surface area (Å²) >= 11 is 0. The minimum atomic E-state index is 0.496. The van der Waals surface area contributed by atoms with Gasteiger partial charge in [0.2, 0.25) is 5.89 Å². The molecule has 2 aromatic heterocycles. The minimum Gasteiger partial charge on any atom is -0.408 e. The molecule has 17 heavy (non-hydrogen) atoms. The first-order valence-electron chi connectivity index (χ1n) is 5.82. The van der Waals surface area contributed by atoms with Crippen molar-refractivity contribution in [3.63, 3.8) is 0 Å². The zero-order chi connectivity index (χ0) is 12.1. The fourth-order valence-electron chi connectivity index (χ4n) is 1.58. The highest BCUT2D eigenvalue weighted by Crippen LogP contribution is 2.07. The summed E-state index contributed by atoms with van der Waals surface area (Å²) < 4.78 is 7.28. The van der Waals surface area contributed by atoms with Gasteiger partial charge in [0.05, 0.1) is 0 Å². The molecule has 0 fully saturated rings. The molecule has 0 aliphatic heterocycles. The number of rotatable bonds is 6. The van der Waals surface area contributed by atoms with Gasteiger partial charge in [0.25, 0.3) is 0 Å². The Hall–Kier alpha value is -1.85. The molecule has 0 aliphatic rings. The molecule has 0 saturated heterocycles. The summed E-state index contributed by atoms with van der Waals surface area (Å²) in [6.45, 7) is 2.84. The Morgan fingerprint density at radius 3 is 2.94 bits per heavy atom. The molecule has 0 spiro atoms. The molecule has 0 saturated carbocycles. The second-order valence-corrected chi connectivity index (χ2v) is 3.87. The zero-order valence-corrected chi connectivity index (χ0v) is 10.2. The number of nitrogens with zero attached hydrogens (tertiary/aromatic N) is 4. The SMILES string of the molecule is CCCc1nnc(NCCc2ccnn2C)o1. The van der Waals surface area contributed by atoms with E-state index in [0.29, 0.717) is 11.9 Å². The van der Waals surface area contributed by atoms with Crippen molar-refractivity contribution in [3.05, 3.63) is 23.8 Å². The van der Waals surface area contributed by atoms with Crippen LogP contribution in [0.3, 0.4) is 0 Å². The topological polar surface area (TPSA) is 68.8 Å². The van der Waals surface area contributed by atoms with E-state index < -0.39 is 0 Å². The highest BCUT2D eigenvalue weighted by Gasteiger charge is 2.04. The number of aryl methyl sites for hydroxylation is 2. The van der Waals surface area contributed by atoms with Gasteiger partial charge in [-0.25, -0.2) is 0 Å². The molecule has 0 unspecified atom stereocenters. The summed E-state index contributed by atoms with van der Waals surface area (Å²) in [7, 11) is 1.93. The standard InChI is InChI=1S/C11H17N5O/c1-3-4-10-14-15-11(17-10)12-7-5-9-6-8-13-16(9)2/h6,8H,3-5,7H2,1-2H3,(H,12,15). The molecule has 0 aromatic carbocycles. The summed E-state index contributed by atoms with van der Waals surface area (Å²) in [6, 6.07) is 2.49. The zero-order valence-electron chi connectivity index (χ0n) is 10.2. The van der Waals surface area contributed by atoms with Gasteiger partial charge in [0, 0.05) is 38.3 Å². The van der Waals surface area contributed by atoms with Crippen LogP contribution in [-0.4, -0.2) is 26.5 Å². The summed E-state index contributed by atoms with van der Waals surface area (Å²) in [4.78, 5) is 0. The van der Waals surface area contributed by atoms with Crippen LogP contribution >= 0.6 is 0 Å². The number of hydrogen-bond acceptors (Lipinski definition) is 5. The average Bonchev–Trinajstić information content (AvgIpc) is 2.90. The van der Waals surface area contributed by atoms with Crippen LogP contribution in [-0.2, 0) is 19.9 Å². The van der Waals surface area contributed by atoms with Crippen LogP contribution < -0.4 is 5.32 Å². The van der Waals surface area contributed by atoms with E-state index >= 15 is 0 Å². The molecule has 1 N–H and O–H groups in total. The molecule has 2 heterocycles. The van der Waals surface area contributed by atoms with Crippen molar-refractivity contribution in [2.75, 3.05) is 11.9 Å². The minimum absolute atomic E-state index is 0.496. The first-order chi connectivity index (χ1) is 8.29. The third-order valence-corrected chi connectivity index (χ3v) is 2.51. The molecule has 0 amide bonds. The van der Waals surface area contributed by atoms with Crippen LogP contribution in [0.1, 0.15) is 24.9 Å². The normalized spacial score (nSPS) is 10.7. The molecule has 0 bridgehead atoms. The largest absolute Gasteiger partial charge is 0.408 e. The maximum Gasteiger partial charge on any atom is 0.315 e. The summed E-state index contributed by atoms with van der Waals surface area (Å²) in [6.07, 6.45) is 4.51. The van der Waals surface area contributed by atoms with Crippen LogP contribution in [0.5, 0.6) is 0 Å². The summed E-state index contributed by atoms with van der Waals surface area (Å²) in [5.74, 6) is 0.690. The third-order valence-electron chi connectivity index (χ3n) is 2.51. The maximum absolute atomic E-state index is 5.42. The van der Waals surface area contributed by atoms with E-state index in [1.54, 1.807) is 6.20 Å². The lowest BCUT2D eigenvalue weighted by Gasteiger charge is -2.01. The Balaban J connectivity index is 1.80. The van der Waals surface area contributed by atoms with E-state index in [2.05, 4.69) is 27.5 Å². The van der Waals surface area contributed by atoms with Gasteiger partial charge in [-0.15, -0.1) is 5.10 Å². The molecule has 92 valence electrons. The lowest BCUT2D eigenvalue weighted by molar-refractivity contribution is 0.501. The smallest absolute Gasteiger partial charge is 0.315 e. The first kappa shape index (κ1) is 11.6. The van der Waals surface area contributed by atoms with Crippen molar-refractivity contribution in [2.45, 2.75) is 26.2 Å². The van der Waals surface area contributed by atoms with Gasteiger partial charge in [-0.1, -0.05) is 12.0 Å². The van der Waals surface area contributed by atoms with Crippen molar-refractivity contribution < 1.29 is 4.42 Å². The number of hydrogen-bond donors (Lipinski definition) is 1. The Bertz CT molecular complexity index is 462. The van der Waals surface area contributed by atoms with Crippen LogP contribution in [0.15, 0.2) is 16.7 Å². The van der Waals surface area contributed by atoms with Gasteiger partial charge >= 0.3 is 6.01 Å². The quantitative estimate of drug-likeness (QED) is 0.819. The van der Waals surface area contributed by atoms with Gasteiger partial charge in [0.1, 0.15) is 0 Å². The van der Waals surface area contributed by atoms with Crippen LogP contribution in [0, 0.1) is 0 Å². The van der Waals surface area contributed by atoms with Crippen molar-refractivity contribution in [2.24, 2.45) is 7.05 Å². The second kappa shape index (κ2) is 5.47. The second-order valence-electron chi connectivity index (χ2n) is 3.87. The van der Waals surface area contributed by atoms with E-state index in [9.17, 15) is 0 Å². The average molecular weight is 235 g/mol. The van der Waals surface area contributed by atoms with Gasteiger partial charge in [-0.05, 0) is 12.5 Å². The van der Waals surface area contributed by atoms with Crippen molar-refractivity contribution in [1.29, 1.82) is 0 Å². The Kier molecular flexibility index (Phi) is 3.74. The fourth-order valence-corrected chi connectivity index (χ4v) is 1.58. The van der Waals surface area contributed by atoms with Crippen LogP contribution in [0.4, 0.5) is 6.01 Å². The summed E-state index contributed by atoms with van der Waals surface area (Å²) in [5, 5.41) is 15.1. The molecule has 6 heteroatoms. The Labute approximate surface area is 100 Å². The van der Waals surface area contributed by atoms with Crippen molar-refractivity contribution in [3.8, 4) is 0 Å². The molecule has 0 aliphatic carbocycles. The molecular formula is C11H17N5O. The predicted octanol–water partition coefficient (Wildman–Crippen LogP) is 1.41. The lowest BCUT2D eigenvalue weighted by Crippen LogP contribution is -2.08. The maximum atomic E-state index is 5.42. The van der Waals surface area contributed by atoms with Crippen LogP contribution in [0.2, 0.25) is 0 Å². The third kappa shape index (κ3) is 3.05. The monoisotopic (exact) mass is 235 g/mol. The molecule has 2 rings (SSSR count). The van der Waals surface area contributed by atoms with Gasteiger partial charge < -0.3 is 9.73 Å². The summed E-state index contributed by atoms with van der Waals surface area (Å²) in [5.41, 5.74) is 1.17. The molecule has 0 radical (unpaired) electrons. The number of anilines is 1. The molecule has 0 atom stereocenters. The van der Waals surface area contributed by atoms with Crippen molar-refractivity contribution in [1.82, 2.24) is 20.0 Å². The number of nitrogens with one attached hydrogen (secondary N) is 1. The molecular weight excluding hydrogens is 218 g/mol. The lowest BCUT2D eigenvalue weighted by atomic mass is 10.3. The molecule has 2 aromatic rings. The first-order valence-corrected chi connectivity index (χ1v) is 5.82. The van der Waals surface area contributed by atoms with E-state index in [4.69, 9.17) is 4.42 Å².